The van der Waals surface area contributed by atoms with Crippen molar-refractivity contribution in [2.45, 2.75) is 44.6 Å². The Morgan fingerprint density at radius 1 is 1.27 bits per heavy atom. The number of hydrogen-bond donors (Lipinski definition) is 0. The van der Waals surface area contributed by atoms with E-state index < -0.39 is 28.0 Å². The van der Waals surface area contributed by atoms with Gasteiger partial charge in [-0.05, 0) is 57.9 Å². The lowest BCUT2D eigenvalue weighted by Gasteiger charge is -2.31. The van der Waals surface area contributed by atoms with E-state index >= 15 is 0 Å². The van der Waals surface area contributed by atoms with Crippen LogP contribution in [0.2, 0.25) is 5.02 Å². The molecule has 2 heterocycles. The van der Waals surface area contributed by atoms with Crippen molar-refractivity contribution in [3.63, 3.8) is 0 Å². The monoisotopic (exact) mass is 454 g/mol. The molecule has 2 aromatic rings. The molecule has 1 aliphatic heterocycles. The number of halogens is 1. The van der Waals surface area contributed by atoms with E-state index in [1.54, 1.807) is 31.2 Å². The van der Waals surface area contributed by atoms with Crippen molar-refractivity contribution in [1.82, 2.24) is 9.46 Å². The number of aromatic nitrogens is 1. The summed E-state index contributed by atoms with van der Waals surface area (Å²) in [4.78, 5) is 25.2. The molecular formula is C20H23ClN2O6S. The van der Waals surface area contributed by atoms with Crippen LogP contribution in [0.15, 0.2) is 33.7 Å². The topological polar surface area (TPSA) is 107 Å². The number of benzene rings is 1. The largest absolute Gasteiger partial charge is 0.454 e. The molecule has 0 amide bonds. The number of nitrogens with zero attached hydrogens (tertiary/aromatic N) is 2. The summed E-state index contributed by atoms with van der Waals surface area (Å²) in [5.41, 5.74) is 0.658. The van der Waals surface area contributed by atoms with Gasteiger partial charge in [-0.15, -0.1) is 0 Å². The van der Waals surface area contributed by atoms with E-state index in [1.165, 1.54) is 18.2 Å². The molecule has 0 aliphatic carbocycles. The van der Waals surface area contributed by atoms with Crippen molar-refractivity contribution >= 4 is 33.4 Å². The predicted octanol–water partition coefficient (Wildman–Crippen LogP) is 3.16. The molecule has 2 atom stereocenters. The van der Waals surface area contributed by atoms with E-state index in [1.807, 2.05) is 0 Å². The maximum atomic E-state index is 13.0. The molecule has 1 saturated heterocycles. The van der Waals surface area contributed by atoms with Gasteiger partial charge < -0.3 is 9.26 Å². The zero-order chi connectivity index (χ0) is 22.1. The van der Waals surface area contributed by atoms with Gasteiger partial charge in [0.25, 0.3) is 0 Å². The minimum atomic E-state index is -3.85. The summed E-state index contributed by atoms with van der Waals surface area (Å²) in [6.07, 6.45) is -0.0101. The Hall–Kier alpha value is -2.23. The minimum Gasteiger partial charge on any atom is -0.454 e. The van der Waals surface area contributed by atoms with Gasteiger partial charge in [-0.25, -0.2) is 8.42 Å². The number of ketones is 1. The minimum absolute atomic E-state index is 0.0208. The van der Waals surface area contributed by atoms with Gasteiger partial charge in [0.15, 0.2) is 11.9 Å². The Balaban J connectivity index is 1.68. The highest BCUT2D eigenvalue weighted by atomic mass is 35.5. The molecule has 8 nitrogen and oxygen atoms in total. The summed E-state index contributed by atoms with van der Waals surface area (Å²) in [7, 11) is -3.85. The van der Waals surface area contributed by atoms with Crippen molar-refractivity contribution in [2.24, 2.45) is 5.92 Å². The Morgan fingerprint density at radius 3 is 2.53 bits per heavy atom. The number of esters is 1. The Morgan fingerprint density at radius 2 is 1.93 bits per heavy atom. The highest BCUT2D eigenvalue weighted by Gasteiger charge is 2.37. The highest BCUT2D eigenvalue weighted by Crippen LogP contribution is 2.28. The average Bonchev–Trinajstić information content (AvgIpc) is 3.06. The summed E-state index contributed by atoms with van der Waals surface area (Å²) in [5, 5.41) is 4.20. The highest BCUT2D eigenvalue weighted by molar-refractivity contribution is 7.89. The smallest absolute Gasteiger partial charge is 0.310 e. The Labute approximate surface area is 180 Å². The molecular weight excluding hydrogens is 432 g/mol. The normalized spacial score (nSPS) is 18.7. The first-order valence-electron chi connectivity index (χ1n) is 9.54. The second-order valence-electron chi connectivity index (χ2n) is 7.31. The molecule has 10 heteroatoms. The van der Waals surface area contributed by atoms with Crippen LogP contribution < -0.4 is 0 Å². The molecule has 1 aliphatic rings. The molecule has 0 N–H and O–H groups in total. The van der Waals surface area contributed by atoms with Crippen molar-refractivity contribution < 1.29 is 27.3 Å². The van der Waals surface area contributed by atoms with Gasteiger partial charge in [0.2, 0.25) is 15.8 Å². The molecule has 3 rings (SSSR count). The molecule has 1 aromatic carbocycles. The summed E-state index contributed by atoms with van der Waals surface area (Å²) in [6.45, 7) is 4.86. The number of ether oxygens (including phenoxy) is 1. The van der Waals surface area contributed by atoms with Crippen LogP contribution in [0.4, 0.5) is 0 Å². The molecule has 1 fully saturated rings. The first-order chi connectivity index (χ1) is 14.1. The Kier molecular flexibility index (Phi) is 6.64. The fourth-order valence-electron chi connectivity index (χ4n) is 3.50. The summed E-state index contributed by atoms with van der Waals surface area (Å²) in [6, 6.07) is 6.30. The standard InChI is InChI=1S/C20H23ClN2O6S/c1-12-19(14(3)29-22-12)30(26,27)23-10-4-5-16(11-23)20(25)28-13(2)18(24)15-6-8-17(21)9-7-15/h6-9,13,16H,4-5,10-11H2,1-3H3/t13-,16-/m0/s1. The molecule has 0 bridgehead atoms. The zero-order valence-electron chi connectivity index (χ0n) is 16.9. The number of sulfonamides is 1. The molecule has 0 spiro atoms. The summed E-state index contributed by atoms with van der Waals surface area (Å²) < 4.78 is 37.6. The molecule has 30 heavy (non-hydrogen) atoms. The lowest BCUT2D eigenvalue weighted by atomic mass is 9.99. The lowest BCUT2D eigenvalue weighted by Crippen LogP contribution is -2.43. The van der Waals surface area contributed by atoms with Crippen molar-refractivity contribution in [1.29, 1.82) is 0 Å². The van der Waals surface area contributed by atoms with E-state index in [9.17, 15) is 18.0 Å². The van der Waals surface area contributed by atoms with Gasteiger partial charge >= 0.3 is 5.97 Å². The molecule has 0 unspecified atom stereocenters. The van der Waals surface area contributed by atoms with Crippen LogP contribution in [0.1, 0.15) is 41.6 Å². The second kappa shape index (κ2) is 8.87. The molecule has 0 radical (unpaired) electrons. The Bertz CT molecular complexity index is 1030. The van der Waals surface area contributed by atoms with Crippen molar-refractivity contribution in [2.75, 3.05) is 13.1 Å². The fourth-order valence-corrected chi connectivity index (χ4v) is 5.44. The number of Topliss-reactive ketones (excluding diaryl/α,β-unsaturated/α-hetero) is 1. The van der Waals surface area contributed by atoms with Crippen LogP contribution in [0.25, 0.3) is 0 Å². The van der Waals surface area contributed by atoms with Crippen molar-refractivity contribution in [3.05, 3.63) is 46.3 Å². The van der Waals surface area contributed by atoms with Gasteiger partial charge in [0, 0.05) is 23.7 Å². The number of aryl methyl sites for hydroxylation is 2. The van der Waals surface area contributed by atoms with Gasteiger partial charge in [-0.3, -0.25) is 9.59 Å². The third kappa shape index (κ3) is 4.58. The number of hydrogen-bond acceptors (Lipinski definition) is 7. The first kappa shape index (κ1) is 22.5. The van der Waals surface area contributed by atoms with Gasteiger partial charge in [-0.2, -0.15) is 4.31 Å². The van der Waals surface area contributed by atoms with E-state index in [0.717, 1.165) is 0 Å². The predicted molar refractivity (Wildman–Crippen MR) is 109 cm³/mol. The average molecular weight is 455 g/mol. The SMILES string of the molecule is Cc1noc(C)c1S(=O)(=O)N1CCC[C@H](C(=O)O[C@@H](C)C(=O)c2ccc(Cl)cc2)C1. The van der Waals surface area contributed by atoms with Crippen LogP contribution >= 0.6 is 11.6 Å². The molecule has 162 valence electrons. The number of rotatable bonds is 6. The molecule has 1 aromatic heterocycles. The second-order valence-corrected chi connectivity index (χ2v) is 9.62. The maximum absolute atomic E-state index is 13.0. The van der Waals surface area contributed by atoms with Crippen LogP contribution in [-0.2, 0) is 19.6 Å². The van der Waals surface area contributed by atoms with Crippen LogP contribution in [0.5, 0.6) is 0 Å². The van der Waals surface area contributed by atoms with Gasteiger partial charge in [-0.1, -0.05) is 16.8 Å². The maximum Gasteiger partial charge on any atom is 0.310 e. The zero-order valence-corrected chi connectivity index (χ0v) is 18.5. The van der Waals surface area contributed by atoms with Crippen LogP contribution in [-0.4, -0.2) is 48.8 Å². The van der Waals surface area contributed by atoms with Crippen molar-refractivity contribution in [3.8, 4) is 0 Å². The van der Waals surface area contributed by atoms with E-state index in [0.29, 0.717) is 23.4 Å². The lowest BCUT2D eigenvalue weighted by molar-refractivity contribution is -0.152. The molecule has 0 saturated carbocycles. The first-order valence-corrected chi connectivity index (χ1v) is 11.4. The third-order valence-electron chi connectivity index (χ3n) is 5.07. The summed E-state index contributed by atoms with van der Waals surface area (Å²) >= 11 is 5.83. The van der Waals surface area contributed by atoms with E-state index in [2.05, 4.69) is 5.16 Å². The van der Waals surface area contributed by atoms with E-state index in [-0.39, 0.29) is 35.2 Å². The number of carbonyl (C=O) groups excluding carboxylic acids is 2. The van der Waals surface area contributed by atoms with Gasteiger partial charge in [0.1, 0.15) is 10.6 Å². The van der Waals surface area contributed by atoms with Crippen LogP contribution in [0.3, 0.4) is 0 Å². The van der Waals surface area contributed by atoms with Crippen LogP contribution in [0, 0.1) is 19.8 Å². The van der Waals surface area contributed by atoms with Gasteiger partial charge in [0.05, 0.1) is 5.92 Å². The van der Waals surface area contributed by atoms with E-state index in [4.69, 9.17) is 20.9 Å². The quantitative estimate of drug-likeness (QED) is 0.487. The third-order valence-corrected chi connectivity index (χ3v) is 7.44. The number of piperidine rings is 1. The fraction of sp³-hybridized carbons (Fsp3) is 0.450. The number of carbonyl (C=O) groups is 2. The summed E-state index contributed by atoms with van der Waals surface area (Å²) in [5.74, 6) is -1.40.